The number of carbonyl (C=O) groups is 1. The minimum Gasteiger partial charge on any atom is -0.755 e. The molecule has 0 aliphatic heterocycles. The van der Waals surface area contributed by atoms with Gasteiger partial charge in [-0.25, -0.2) is 4.79 Å². The molecular weight excluding hydrogens is 376 g/mol. The molecule has 0 spiro atoms. The van der Waals surface area contributed by atoms with Crippen molar-refractivity contribution in [2.24, 2.45) is 5.92 Å². The Labute approximate surface area is 169 Å². The van der Waals surface area contributed by atoms with Crippen LogP contribution >= 0.6 is 0 Å². The summed E-state index contributed by atoms with van der Waals surface area (Å²) in [6, 6.07) is 13.4. The highest BCUT2D eigenvalue weighted by molar-refractivity contribution is 7.80. The van der Waals surface area contributed by atoms with E-state index in [1.807, 2.05) is 24.3 Å². The van der Waals surface area contributed by atoms with E-state index in [-0.39, 0.29) is 5.92 Å². The molecule has 7 heteroatoms. The lowest BCUT2D eigenvalue weighted by molar-refractivity contribution is -0.157. The Kier molecular flexibility index (Phi) is 6.85. The first-order chi connectivity index (χ1) is 13.0. The number of benzene rings is 2. The van der Waals surface area contributed by atoms with Gasteiger partial charge >= 0.3 is 5.97 Å². The fourth-order valence-corrected chi connectivity index (χ4v) is 3.63. The summed E-state index contributed by atoms with van der Waals surface area (Å²) in [7, 11) is 0. The van der Waals surface area contributed by atoms with E-state index in [2.05, 4.69) is 0 Å². The van der Waals surface area contributed by atoms with Crippen molar-refractivity contribution in [1.29, 1.82) is 0 Å². The maximum atomic E-state index is 12.7. The van der Waals surface area contributed by atoms with Gasteiger partial charge in [0.05, 0.1) is 0 Å². The minimum atomic E-state index is -2.64. The first-order valence-electron chi connectivity index (χ1n) is 9.07. The SMILES string of the molecule is CC(C)C(C(=O)OC(C)(C)C)N(c1ccc(-c2ccc(N)cc2)cc1)S(=O)[O-]. The first kappa shape index (κ1) is 21.9. The molecule has 6 nitrogen and oxygen atoms in total. The molecular formula is C21H27N2O4S-. The Bertz CT molecular complexity index is 827. The largest absolute Gasteiger partial charge is 0.755 e. The van der Waals surface area contributed by atoms with Crippen LogP contribution in [0.2, 0.25) is 0 Å². The molecule has 2 aromatic rings. The number of nitrogen functional groups attached to an aromatic ring is 1. The average Bonchev–Trinajstić information content (AvgIpc) is 2.58. The molecule has 0 radical (unpaired) electrons. The number of hydrogen-bond acceptors (Lipinski definition) is 5. The Hall–Kier alpha value is -2.38. The number of anilines is 2. The molecule has 0 aromatic heterocycles. The molecule has 2 N–H and O–H groups in total. The predicted octanol–water partition coefficient (Wildman–Crippen LogP) is 3.90. The van der Waals surface area contributed by atoms with E-state index in [1.54, 1.807) is 58.9 Å². The fraction of sp³-hybridized carbons (Fsp3) is 0.381. The van der Waals surface area contributed by atoms with Gasteiger partial charge in [-0.15, -0.1) is 0 Å². The third kappa shape index (κ3) is 5.56. The lowest BCUT2D eigenvalue weighted by Gasteiger charge is -2.36. The van der Waals surface area contributed by atoms with Crippen molar-refractivity contribution in [3.63, 3.8) is 0 Å². The van der Waals surface area contributed by atoms with Crippen LogP contribution in [0.15, 0.2) is 48.5 Å². The summed E-state index contributed by atoms with van der Waals surface area (Å²) in [5, 5.41) is 0. The molecule has 0 bridgehead atoms. The van der Waals surface area contributed by atoms with Crippen molar-refractivity contribution in [1.82, 2.24) is 0 Å². The van der Waals surface area contributed by atoms with Gasteiger partial charge in [-0.3, -0.25) is 8.51 Å². The van der Waals surface area contributed by atoms with Crippen molar-refractivity contribution in [3.05, 3.63) is 48.5 Å². The van der Waals surface area contributed by atoms with Crippen LogP contribution in [-0.2, 0) is 20.8 Å². The monoisotopic (exact) mass is 403 g/mol. The zero-order chi connectivity index (χ0) is 21.1. The molecule has 2 atom stereocenters. The zero-order valence-electron chi connectivity index (χ0n) is 16.8. The summed E-state index contributed by atoms with van der Waals surface area (Å²) in [5.74, 6) is -0.848. The quantitative estimate of drug-likeness (QED) is 0.448. The van der Waals surface area contributed by atoms with Gasteiger partial charge in [0.15, 0.2) is 0 Å². The van der Waals surface area contributed by atoms with Crippen LogP contribution in [0.4, 0.5) is 11.4 Å². The maximum absolute atomic E-state index is 12.7. The van der Waals surface area contributed by atoms with E-state index in [1.165, 1.54) is 0 Å². The molecule has 152 valence electrons. The highest BCUT2D eigenvalue weighted by atomic mass is 32.2. The summed E-state index contributed by atoms with van der Waals surface area (Å²) in [5.41, 5.74) is 7.96. The Morgan fingerprint density at radius 2 is 1.50 bits per heavy atom. The molecule has 0 aliphatic carbocycles. The number of carbonyl (C=O) groups excluding carboxylic acids is 1. The second kappa shape index (κ2) is 8.75. The third-order valence-electron chi connectivity index (χ3n) is 4.06. The maximum Gasteiger partial charge on any atom is 0.330 e. The van der Waals surface area contributed by atoms with Gasteiger partial charge in [0, 0.05) is 22.6 Å². The van der Waals surface area contributed by atoms with Crippen molar-refractivity contribution < 1.29 is 18.3 Å². The van der Waals surface area contributed by atoms with Crippen LogP contribution in [0.25, 0.3) is 11.1 Å². The number of rotatable bonds is 6. The van der Waals surface area contributed by atoms with Crippen LogP contribution in [0.3, 0.4) is 0 Å². The topological polar surface area (TPSA) is 95.7 Å². The number of esters is 1. The van der Waals surface area contributed by atoms with Crippen molar-refractivity contribution in [2.45, 2.75) is 46.3 Å². The van der Waals surface area contributed by atoms with Crippen LogP contribution in [0.5, 0.6) is 0 Å². The standard InChI is InChI=1S/C21H28N2O4S/c1-14(2)19(20(24)27-21(3,4)5)23(28(25)26)18-12-8-16(9-13-18)15-6-10-17(22)11-7-15/h6-14,19H,22H2,1-5H3,(H,25,26)/p-1. The molecule has 2 unspecified atom stereocenters. The Balaban J connectivity index is 2.37. The van der Waals surface area contributed by atoms with Crippen LogP contribution in [0.1, 0.15) is 34.6 Å². The summed E-state index contributed by atoms with van der Waals surface area (Å²) >= 11 is -2.64. The number of hydrogen-bond donors (Lipinski definition) is 1. The van der Waals surface area contributed by atoms with Crippen LogP contribution in [-0.4, -0.2) is 26.4 Å². The molecule has 0 saturated carbocycles. The predicted molar refractivity (Wildman–Crippen MR) is 112 cm³/mol. The highest BCUT2D eigenvalue weighted by Gasteiger charge is 2.34. The fourth-order valence-electron chi connectivity index (χ4n) is 2.82. The molecule has 28 heavy (non-hydrogen) atoms. The average molecular weight is 404 g/mol. The van der Waals surface area contributed by atoms with Crippen LogP contribution < -0.4 is 10.0 Å². The number of ether oxygens (including phenoxy) is 1. The first-order valence-corrected chi connectivity index (χ1v) is 10.1. The van der Waals surface area contributed by atoms with Gasteiger partial charge in [0.2, 0.25) is 0 Å². The van der Waals surface area contributed by atoms with Crippen molar-refractivity contribution >= 4 is 28.6 Å². The normalized spacial score (nSPS) is 13.8. The van der Waals surface area contributed by atoms with E-state index in [4.69, 9.17) is 10.5 Å². The van der Waals surface area contributed by atoms with E-state index in [0.29, 0.717) is 11.4 Å². The van der Waals surface area contributed by atoms with Gasteiger partial charge in [0.25, 0.3) is 0 Å². The van der Waals surface area contributed by atoms with E-state index in [0.717, 1.165) is 15.4 Å². The van der Waals surface area contributed by atoms with Crippen molar-refractivity contribution in [2.75, 3.05) is 10.0 Å². The zero-order valence-corrected chi connectivity index (χ0v) is 17.7. The Morgan fingerprint density at radius 1 is 1.04 bits per heavy atom. The van der Waals surface area contributed by atoms with Crippen molar-refractivity contribution in [3.8, 4) is 11.1 Å². The molecule has 2 aromatic carbocycles. The molecule has 0 aliphatic rings. The van der Waals surface area contributed by atoms with Gasteiger partial charge < -0.3 is 15.0 Å². The summed E-state index contributed by atoms with van der Waals surface area (Å²) in [6.45, 7) is 8.83. The lowest BCUT2D eigenvalue weighted by Crippen LogP contribution is -2.48. The number of nitrogens with two attached hydrogens (primary N) is 1. The van der Waals surface area contributed by atoms with E-state index < -0.39 is 28.9 Å². The molecule has 0 saturated heterocycles. The highest BCUT2D eigenvalue weighted by Crippen LogP contribution is 2.28. The molecule has 2 rings (SSSR count). The second-order valence-electron chi connectivity index (χ2n) is 7.93. The second-order valence-corrected chi connectivity index (χ2v) is 8.76. The van der Waals surface area contributed by atoms with Crippen LogP contribution in [0, 0.1) is 5.92 Å². The third-order valence-corrected chi connectivity index (χ3v) is 4.82. The minimum absolute atomic E-state index is 0.274. The Morgan fingerprint density at radius 3 is 1.89 bits per heavy atom. The van der Waals surface area contributed by atoms with Gasteiger partial charge in [-0.05, 0) is 62.1 Å². The molecule has 0 amide bonds. The summed E-state index contributed by atoms with van der Waals surface area (Å²) in [6.07, 6.45) is 0. The summed E-state index contributed by atoms with van der Waals surface area (Å²) < 4.78 is 30.6. The van der Waals surface area contributed by atoms with Gasteiger partial charge in [0.1, 0.15) is 11.6 Å². The smallest absolute Gasteiger partial charge is 0.330 e. The van der Waals surface area contributed by atoms with E-state index >= 15 is 0 Å². The molecule has 0 heterocycles. The number of nitrogens with zero attached hydrogens (tertiary/aromatic N) is 1. The molecule has 0 fully saturated rings. The van der Waals surface area contributed by atoms with E-state index in [9.17, 15) is 13.6 Å². The van der Waals surface area contributed by atoms with Gasteiger partial charge in [-0.1, -0.05) is 38.1 Å². The lowest BCUT2D eigenvalue weighted by atomic mass is 10.0. The summed E-state index contributed by atoms with van der Waals surface area (Å²) in [4.78, 5) is 12.7. The van der Waals surface area contributed by atoms with Gasteiger partial charge in [-0.2, -0.15) is 0 Å².